The summed E-state index contributed by atoms with van der Waals surface area (Å²) in [6.07, 6.45) is 13.2. The number of fused-ring (bicyclic) bond motifs is 3. The van der Waals surface area contributed by atoms with Crippen LogP contribution in [0, 0.1) is 0 Å². The zero-order valence-corrected chi connectivity index (χ0v) is 19.6. The third kappa shape index (κ3) is 6.18. The van der Waals surface area contributed by atoms with Crippen molar-refractivity contribution >= 4 is 33.4 Å². The third-order valence-electron chi connectivity index (χ3n) is 6.38. The van der Waals surface area contributed by atoms with E-state index in [1.54, 1.807) is 0 Å². The molecule has 1 aromatic heterocycles. The Bertz CT molecular complexity index is 1060. The summed E-state index contributed by atoms with van der Waals surface area (Å²) >= 11 is 0. The van der Waals surface area contributed by atoms with E-state index >= 15 is 0 Å². The number of hydrogen-bond acceptors (Lipinski definition) is 2. The van der Waals surface area contributed by atoms with Gasteiger partial charge in [-0.05, 0) is 50.5 Å². The van der Waals surface area contributed by atoms with E-state index in [1.165, 1.54) is 44.0 Å². The Kier molecular flexibility index (Phi) is 9.27. The average Bonchev–Trinajstić information content (AvgIpc) is 3.13. The molecule has 0 aliphatic carbocycles. The van der Waals surface area contributed by atoms with Crippen molar-refractivity contribution in [2.75, 3.05) is 0 Å². The summed E-state index contributed by atoms with van der Waals surface area (Å²) in [5.41, 5.74) is 2.96. The lowest BCUT2D eigenvalue weighted by molar-refractivity contribution is -0.118. The smallest absolute Gasteiger partial charge is 0.170 e. The first-order chi connectivity index (χ1) is 15.7. The number of ketones is 2. The van der Waals surface area contributed by atoms with Crippen molar-refractivity contribution in [2.24, 2.45) is 0 Å². The zero-order chi connectivity index (χ0) is 22.8. The monoisotopic (exact) mass is 431 g/mol. The summed E-state index contributed by atoms with van der Waals surface area (Å²) in [6, 6.07) is 14.2. The number of para-hydroxylation sites is 1. The first kappa shape index (κ1) is 24.0. The van der Waals surface area contributed by atoms with E-state index in [9.17, 15) is 9.59 Å². The van der Waals surface area contributed by atoms with Crippen LogP contribution in [0.1, 0.15) is 87.9 Å². The molecular weight excluding hydrogens is 394 g/mol. The molecule has 3 aromatic rings. The van der Waals surface area contributed by atoms with Crippen LogP contribution in [0.2, 0.25) is 0 Å². The molecule has 0 amide bonds. The summed E-state index contributed by atoms with van der Waals surface area (Å²) < 4.78 is 2.27. The predicted octanol–water partition coefficient (Wildman–Crippen LogP) is 8.04. The Morgan fingerprint density at radius 1 is 0.844 bits per heavy atom. The Morgan fingerprint density at radius 3 is 2.22 bits per heavy atom. The quantitative estimate of drug-likeness (QED) is 0.106. The number of rotatable bonds is 15. The van der Waals surface area contributed by atoms with Crippen LogP contribution in [0.3, 0.4) is 0 Å². The Labute approximate surface area is 192 Å². The number of unbranched alkanes of at least 4 members (excludes halogenated alkanes) is 8. The number of aromatic nitrogens is 1. The zero-order valence-electron chi connectivity index (χ0n) is 19.6. The van der Waals surface area contributed by atoms with Crippen molar-refractivity contribution in [3.63, 3.8) is 0 Å². The molecule has 3 rings (SSSR count). The van der Waals surface area contributed by atoms with Crippen molar-refractivity contribution in [1.29, 1.82) is 0 Å². The molecule has 0 spiro atoms. The van der Waals surface area contributed by atoms with Crippen LogP contribution < -0.4 is 0 Å². The fraction of sp³-hybridized carbons (Fsp3) is 0.448. The predicted molar refractivity (Wildman–Crippen MR) is 135 cm³/mol. The van der Waals surface area contributed by atoms with Gasteiger partial charge in [0.2, 0.25) is 0 Å². The highest BCUT2D eigenvalue weighted by Gasteiger charge is 2.15. The normalized spacial score (nSPS) is 11.3. The molecule has 3 heteroatoms. The Morgan fingerprint density at radius 2 is 1.50 bits per heavy atom. The molecule has 0 bridgehead atoms. The molecule has 0 saturated heterocycles. The van der Waals surface area contributed by atoms with Crippen LogP contribution in [0.15, 0.2) is 55.1 Å². The number of allylic oxidation sites excluding steroid dienone is 1. The summed E-state index contributed by atoms with van der Waals surface area (Å²) in [5.74, 6) is 0.000243. The topological polar surface area (TPSA) is 39.1 Å². The van der Waals surface area contributed by atoms with Gasteiger partial charge in [0.1, 0.15) is 5.78 Å². The maximum Gasteiger partial charge on any atom is 0.170 e. The summed E-state index contributed by atoms with van der Waals surface area (Å²) in [5, 5.41) is 2.25. The van der Waals surface area contributed by atoms with Gasteiger partial charge in [-0.3, -0.25) is 9.59 Å². The number of benzene rings is 2. The highest BCUT2D eigenvalue weighted by atomic mass is 16.1. The van der Waals surface area contributed by atoms with Gasteiger partial charge in [0, 0.05) is 40.3 Å². The van der Waals surface area contributed by atoms with Crippen LogP contribution in [0.25, 0.3) is 21.8 Å². The molecule has 32 heavy (non-hydrogen) atoms. The van der Waals surface area contributed by atoms with E-state index in [4.69, 9.17) is 0 Å². The van der Waals surface area contributed by atoms with E-state index < -0.39 is 0 Å². The minimum absolute atomic E-state index is 0.0151. The molecule has 0 atom stereocenters. The minimum Gasteiger partial charge on any atom is -0.341 e. The SMILES string of the molecule is C=CCCCCCCCCCCC(=O)CC(=O)c1ccc2c(c1)c1ccccc1n2CC. The molecule has 0 fully saturated rings. The molecule has 1 heterocycles. The van der Waals surface area contributed by atoms with E-state index in [0.717, 1.165) is 42.1 Å². The van der Waals surface area contributed by atoms with Gasteiger partial charge in [0.15, 0.2) is 5.78 Å². The first-order valence-corrected chi connectivity index (χ1v) is 12.3. The second kappa shape index (κ2) is 12.4. The van der Waals surface area contributed by atoms with Gasteiger partial charge >= 0.3 is 0 Å². The fourth-order valence-electron chi connectivity index (χ4n) is 4.61. The molecule has 0 saturated carbocycles. The largest absolute Gasteiger partial charge is 0.341 e. The van der Waals surface area contributed by atoms with Crippen LogP contribution in [-0.2, 0) is 11.3 Å². The molecule has 3 nitrogen and oxygen atoms in total. The maximum absolute atomic E-state index is 12.8. The number of hydrogen-bond donors (Lipinski definition) is 0. The number of carbonyl (C=O) groups is 2. The van der Waals surface area contributed by atoms with Gasteiger partial charge in [-0.2, -0.15) is 0 Å². The standard InChI is InChI=1S/C29H37NO2/c1-3-5-6-7-8-9-10-11-12-13-16-24(31)22-29(32)23-19-20-28-26(21-23)25-17-14-15-18-27(25)30(28)4-2/h3,14-15,17-21H,1,4-13,16,22H2,2H3. The van der Waals surface area contributed by atoms with Crippen LogP contribution in [0.5, 0.6) is 0 Å². The summed E-state index contributed by atoms with van der Waals surface area (Å²) in [7, 11) is 0. The van der Waals surface area contributed by atoms with Crippen LogP contribution in [-0.4, -0.2) is 16.1 Å². The molecular formula is C29H37NO2. The molecule has 2 aromatic carbocycles. The van der Waals surface area contributed by atoms with Gasteiger partial charge in [-0.15, -0.1) is 6.58 Å². The molecule has 0 radical (unpaired) electrons. The van der Waals surface area contributed by atoms with E-state index in [1.807, 2.05) is 36.4 Å². The van der Waals surface area contributed by atoms with Crippen molar-refractivity contribution < 1.29 is 9.59 Å². The third-order valence-corrected chi connectivity index (χ3v) is 6.38. The summed E-state index contributed by atoms with van der Waals surface area (Å²) in [6.45, 7) is 6.77. The minimum atomic E-state index is -0.0650. The highest BCUT2D eigenvalue weighted by Crippen LogP contribution is 2.30. The second-order valence-corrected chi connectivity index (χ2v) is 8.79. The van der Waals surface area contributed by atoms with Crippen molar-refractivity contribution in [3.05, 3.63) is 60.7 Å². The van der Waals surface area contributed by atoms with Crippen molar-refractivity contribution in [1.82, 2.24) is 4.57 Å². The van der Waals surface area contributed by atoms with Crippen LogP contribution >= 0.6 is 0 Å². The van der Waals surface area contributed by atoms with Crippen molar-refractivity contribution in [3.8, 4) is 0 Å². The van der Waals surface area contributed by atoms with E-state index in [2.05, 4.69) is 30.2 Å². The molecule has 0 aliphatic heterocycles. The molecule has 0 unspecified atom stereocenters. The maximum atomic E-state index is 12.8. The Hall–Kier alpha value is -2.68. The Balaban J connectivity index is 1.46. The average molecular weight is 432 g/mol. The van der Waals surface area contributed by atoms with Crippen LogP contribution in [0.4, 0.5) is 0 Å². The van der Waals surface area contributed by atoms with Gasteiger partial charge in [0.05, 0.1) is 6.42 Å². The lowest BCUT2D eigenvalue weighted by Gasteiger charge is -2.05. The van der Waals surface area contributed by atoms with Gasteiger partial charge in [-0.25, -0.2) is 0 Å². The highest BCUT2D eigenvalue weighted by molar-refractivity contribution is 6.13. The number of carbonyl (C=O) groups excluding carboxylic acids is 2. The van der Waals surface area contributed by atoms with E-state index in [-0.39, 0.29) is 18.0 Å². The lowest BCUT2D eigenvalue weighted by Crippen LogP contribution is -2.08. The number of nitrogens with zero attached hydrogens (tertiary/aromatic N) is 1. The van der Waals surface area contributed by atoms with Gasteiger partial charge in [0.25, 0.3) is 0 Å². The number of aryl methyl sites for hydroxylation is 1. The van der Waals surface area contributed by atoms with Gasteiger partial charge in [-0.1, -0.05) is 62.8 Å². The number of Topliss-reactive ketones (excluding diaryl/α,β-unsaturated/α-hetero) is 2. The second-order valence-electron chi connectivity index (χ2n) is 8.79. The van der Waals surface area contributed by atoms with Crippen molar-refractivity contribution in [2.45, 2.75) is 84.1 Å². The van der Waals surface area contributed by atoms with Gasteiger partial charge < -0.3 is 4.57 Å². The van der Waals surface area contributed by atoms with E-state index in [0.29, 0.717) is 12.0 Å². The fourth-order valence-corrected chi connectivity index (χ4v) is 4.61. The molecule has 0 aliphatic rings. The summed E-state index contributed by atoms with van der Waals surface area (Å²) in [4.78, 5) is 25.1. The first-order valence-electron chi connectivity index (χ1n) is 12.3. The molecule has 170 valence electrons. The lowest BCUT2D eigenvalue weighted by atomic mass is 10.00. The molecule has 0 N–H and O–H groups in total.